The molecular weight excluding hydrogens is 1090 g/mol. The summed E-state index contributed by atoms with van der Waals surface area (Å²) in [6, 6.07) is 90.7. The second kappa shape index (κ2) is 22.6. The third kappa shape index (κ3) is 10.9. The fraction of sp³-hybridized carbons (Fsp3) is 0.0725. The molecule has 0 amide bonds. The van der Waals surface area contributed by atoms with Gasteiger partial charge < -0.3 is 19.8 Å². The third-order valence-electron chi connectivity index (χ3n) is 13.9. The van der Waals surface area contributed by atoms with Crippen molar-refractivity contribution in [2.45, 2.75) is 31.8 Å². The summed E-state index contributed by atoms with van der Waals surface area (Å²) in [5.41, 5.74) is 20.4. The zero-order chi connectivity index (χ0) is 49.5. The van der Waals surface area contributed by atoms with Gasteiger partial charge in [-0.25, -0.2) is 0 Å². The van der Waals surface area contributed by atoms with Gasteiger partial charge in [-0.2, -0.15) is 41.6 Å². The van der Waals surface area contributed by atoms with Crippen LogP contribution in [0, 0.1) is 18.2 Å². The number of para-hydroxylation sites is 2. The summed E-state index contributed by atoms with van der Waals surface area (Å²) in [5.74, 6) is 0.877. The van der Waals surface area contributed by atoms with Crippen molar-refractivity contribution in [3.63, 3.8) is 0 Å². The molecule has 0 fully saturated rings. The van der Waals surface area contributed by atoms with Crippen LogP contribution in [0.2, 0.25) is 0 Å². The van der Waals surface area contributed by atoms with Crippen molar-refractivity contribution in [3.05, 3.63) is 307 Å². The van der Waals surface area contributed by atoms with Gasteiger partial charge in [0, 0.05) is 50.1 Å². The van der Waals surface area contributed by atoms with Gasteiger partial charge in [0.05, 0.1) is 5.82 Å². The maximum atomic E-state index is 4.79. The molecule has 75 heavy (non-hydrogen) atoms. The standard InChI is InChI=1S/C69H51N5.Ir/c1-4-14-54(15-5-1)55-35-37-56(38-36-55)66-49-59(67-22-12-13-41-70-67)39-40-65(66)64-21-11-10-20-63(64)60-47-52(25-23-50-27-31-57(32-28-50)68-71-42-44-73(68)61-16-6-2-7-17-61)46-53(48-60)26-24-51-29-33-58(34-30-51)69-72-43-45-74(69)62-18-8-3-9-19-62;/h1-22,27-31,33,35-38,40-49,68H,23-26H2;/q-4;. The van der Waals surface area contributed by atoms with Crippen molar-refractivity contribution >= 4 is 5.69 Å². The van der Waals surface area contributed by atoms with E-state index in [2.05, 4.69) is 228 Å². The maximum Gasteiger partial charge on any atom is 0.0602 e. The molecule has 1 aliphatic heterocycles. The van der Waals surface area contributed by atoms with E-state index < -0.39 is 0 Å². The Morgan fingerprint density at radius 2 is 1.04 bits per heavy atom. The third-order valence-corrected chi connectivity index (χ3v) is 13.9. The molecule has 1 atom stereocenters. The number of anilines is 1. The summed E-state index contributed by atoms with van der Waals surface area (Å²) in [7, 11) is 0. The number of aromatic nitrogens is 3. The van der Waals surface area contributed by atoms with Crippen LogP contribution in [0.25, 0.3) is 78.2 Å². The molecule has 0 N–H and O–H groups in total. The van der Waals surface area contributed by atoms with E-state index in [9.17, 15) is 0 Å². The minimum Gasteiger partial charge on any atom is -0.668 e. The fourth-order valence-electron chi connectivity index (χ4n) is 10.1. The SMILES string of the molecule is [Ir].[c-]1cc(-c2ccccc2-c2cc(CCc3c[c-]c(-c4nccn4-c4ccccc4)cc3)cc(CCc3c[c-]c(C4[N-]C=CN4c4ccccc4)cc3)c2)c(-c2ccc(-c3ccccc3)cc2)cc1-c1ccccn1. The second-order valence-electron chi connectivity index (χ2n) is 18.7. The van der Waals surface area contributed by atoms with E-state index in [0.29, 0.717) is 0 Å². The van der Waals surface area contributed by atoms with E-state index in [0.717, 1.165) is 87.5 Å². The van der Waals surface area contributed by atoms with Crippen molar-refractivity contribution in [3.8, 4) is 72.8 Å². The first-order valence-electron chi connectivity index (χ1n) is 25.3. The molecule has 1 unspecified atom stereocenters. The van der Waals surface area contributed by atoms with Gasteiger partial charge in [0.15, 0.2) is 0 Å². The number of aryl methyl sites for hydroxylation is 4. The Morgan fingerprint density at radius 3 is 1.72 bits per heavy atom. The van der Waals surface area contributed by atoms with Crippen LogP contribution in [0.1, 0.15) is 34.0 Å². The number of hydrogen-bond acceptors (Lipinski definition) is 3. The Labute approximate surface area is 454 Å². The van der Waals surface area contributed by atoms with Crippen LogP contribution in [0.15, 0.2) is 255 Å². The van der Waals surface area contributed by atoms with Crippen LogP contribution in [-0.2, 0) is 45.8 Å². The Balaban J connectivity index is 0.00000602. The molecule has 0 aliphatic carbocycles. The number of imidazole rings is 1. The average molecular weight is 1140 g/mol. The van der Waals surface area contributed by atoms with E-state index in [1.807, 2.05) is 55.3 Å². The first kappa shape index (κ1) is 48.6. The van der Waals surface area contributed by atoms with E-state index in [1.165, 1.54) is 44.5 Å². The predicted molar refractivity (Wildman–Crippen MR) is 302 cm³/mol. The minimum atomic E-state index is -0.130. The molecule has 0 spiro atoms. The van der Waals surface area contributed by atoms with Crippen molar-refractivity contribution in [1.29, 1.82) is 0 Å². The zero-order valence-electron chi connectivity index (χ0n) is 41.2. The van der Waals surface area contributed by atoms with Gasteiger partial charge in [0.1, 0.15) is 0 Å². The van der Waals surface area contributed by atoms with E-state index >= 15 is 0 Å². The molecule has 1 aliphatic rings. The summed E-state index contributed by atoms with van der Waals surface area (Å²) in [4.78, 5) is 11.6. The quantitative estimate of drug-likeness (QED) is 0.0961. The number of hydrogen-bond donors (Lipinski definition) is 0. The molecule has 0 saturated carbocycles. The number of nitrogens with zero attached hydrogens (tertiary/aromatic N) is 5. The number of benzene rings is 9. The molecular formula is C69H51IrN5-4. The van der Waals surface area contributed by atoms with E-state index in [4.69, 9.17) is 15.3 Å². The Kier molecular flexibility index (Phi) is 14.7. The molecule has 12 rings (SSSR count). The van der Waals surface area contributed by atoms with Gasteiger partial charge in [0.2, 0.25) is 0 Å². The summed E-state index contributed by atoms with van der Waals surface area (Å²) in [5, 5.41) is 4.79. The average Bonchev–Trinajstić information content (AvgIpc) is 4.19. The largest absolute Gasteiger partial charge is 0.668 e. The predicted octanol–water partition coefficient (Wildman–Crippen LogP) is 16.6. The normalized spacial score (nSPS) is 12.8. The first-order valence-corrected chi connectivity index (χ1v) is 25.3. The summed E-state index contributed by atoms with van der Waals surface area (Å²) < 4.78 is 2.11. The maximum absolute atomic E-state index is 4.79. The molecule has 3 heterocycles. The zero-order valence-corrected chi connectivity index (χ0v) is 43.6. The Bertz CT molecular complexity index is 3670. The number of rotatable bonds is 15. The molecule has 5 nitrogen and oxygen atoms in total. The van der Waals surface area contributed by atoms with Crippen LogP contribution >= 0.6 is 0 Å². The van der Waals surface area contributed by atoms with Crippen molar-refractivity contribution < 1.29 is 20.1 Å². The molecule has 1 radical (unpaired) electrons. The molecule has 6 heteroatoms. The first-order chi connectivity index (χ1) is 36.7. The van der Waals surface area contributed by atoms with Crippen molar-refractivity contribution in [2.75, 3.05) is 4.90 Å². The molecule has 2 aromatic heterocycles. The van der Waals surface area contributed by atoms with Crippen LogP contribution < -0.4 is 4.90 Å². The van der Waals surface area contributed by atoms with Crippen LogP contribution in [-0.4, -0.2) is 14.5 Å². The summed E-state index contributed by atoms with van der Waals surface area (Å²) in [6.07, 6.45) is 13.0. The fourth-order valence-corrected chi connectivity index (χ4v) is 10.1. The topological polar surface area (TPSA) is 48.1 Å². The van der Waals surface area contributed by atoms with Crippen molar-refractivity contribution in [1.82, 2.24) is 14.5 Å². The molecule has 0 saturated heterocycles. The van der Waals surface area contributed by atoms with Crippen LogP contribution in [0.5, 0.6) is 0 Å². The van der Waals surface area contributed by atoms with E-state index in [-0.39, 0.29) is 26.3 Å². The summed E-state index contributed by atoms with van der Waals surface area (Å²) in [6.45, 7) is 0. The van der Waals surface area contributed by atoms with Crippen LogP contribution in [0.4, 0.5) is 5.69 Å². The monoisotopic (exact) mass is 1140 g/mol. The summed E-state index contributed by atoms with van der Waals surface area (Å²) >= 11 is 0. The van der Waals surface area contributed by atoms with Gasteiger partial charge >= 0.3 is 0 Å². The Hall–Kier alpha value is -8.67. The number of pyridine rings is 1. The van der Waals surface area contributed by atoms with Gasteiger partial charge in [0.25, 0.3) is 0 Å². The molecule has 11 aromatic rings. The minimum absolute atomic E-state index is 0. The van der Waals surface area contributed by atoms with Gasteiger partial charge in [-0.15, -0.1) is 59.2 Å². The Morgan fingerprint density at radius 1 is 0.427 bits per heavy atom. The van der Waals surface area contributed by atoms with Gasteiger partial charge in [-0.3, -0.25) is 4.98 Å². The van der Waals surface area contributed by atoms with Crippen molar-refractivity contribution in [2.24, 2.45) is 0 Å². The molecule has 9 aromatic carbocycles. The smallest absolute Gasteiger partial charge is 0.0602 e. The van der Waals surface area contributed by atoms with Gasteiger partial charge in [-0.1, -0.05) is 175 Å². The molecule has 0 bridgehead atoms. The van der Waals surface area contributed by atoms with Gasteiger partial charge in [-0.05, 0) is 100 Å². The second-order valence-corrected chi connectivity index (χ2v) is 18.7. The van der Waals surface area contributed by atoms with Crippen LogP contribution in [0.3, 0.4) is 0 Å². The molecule has 365 valence electrons. The van der Waals surface area contributed by atoms with E-state index in [1.54, 1.807) is 0 Å².